The van der Waals surface area contributed by atoms with Crippen molar-refractivity contribution in [3.05, 3.63) is 65.5 Å². The molecule has 2 amide bonds. The molecule has 3 rings (SSSR count). The van der Waals surface area contributed by atoms with Crippen LogP contribution >= 0.6 is 0 Å². The summed E-state index contributed by atoms with van der Waals surface area (Å²) in [6, 6.07) is 11.9. The van der Waals surface area contributed by atoms with E-state index in [1.54, 1.807) is 38.1 Å². The molecule has 0 saturated carbocycles. The summed E-state index contributed by atoms with van der Waals surface area (Å²) in [4.78, 5) is 24.9. The Kier molecular flexibility index (Phi) is 7.60. The van der Waals surface area contributed by atoms with Gasteiger partial charge in [-0.15, -0.1) is 0 Å². The summed E-state index contributed by atoms with van der Waals surface area (Å²) in [5.74, 6) is -0.980. The van der Waals surface area contributed by atoms with Crippen LogP contribution < -0.4 is 5.32 Å². The van der Waals surface area contributed by atoms with E-state index < -0.39 is 15.9 Å². The molecule has 0 aliphatic carbocycles. The van der Waals surface area contributed by atoms with Crippen molar-refractivity contribution in [2.24, 2.45) is 5.10 Å². The summed E-state index contributed by atoms with van der Waals surface area (Å²) in [6.45, 7) is 3.92. The molecule has 1 heterocycles. The van der Waals surface area contributed by atoms with Gasteiger partial charge >= 0.3 is 0 Å². The second-order valence-corrected chi connectivity index (χ2v) is 10.1. The number of benzene rings is 2. The van der Waals surface area contributed by atoms with Gasteiger partial charge in [0.2, 0.25) is 15.9 Å². The van der Waals surface area contributed by atoms with Gasteiger partial charge in [0.25, 0.3) is 5.91 Å². The van der Waals surface area contributed by atoms with Crippen molar-refractivity contribution in [1.29, 1.82) is 0 Å². The second kappa shape index (κ2) is 10.2. The van der Waals surface area contributed by atoms with Gasteiger partial charge in [-0.1, -0.05) is 24.3 Å². The van der Waals surface area contributed by atoms with Gasteiger partial charge in [0.05, 0.1) is 11.4 Å². The molecule has 2 aromatic carbocycles. The normalized spacial score (nSPS) is 14.5. The number of amides is 2. The standard InChI is InChI=1S/C23H27FN4O4S/c1-16(2)27(3)33(31,32)20-10-6-17(7-11-20)14-25-23(30)21-12-13-22(29)28(26-21)15-18-4-8-19(24)9-5-18/h4-11,16H,12-15H2,1-3H3,(H,25,30). The van der Waals surface area contributed by atoms with Crippen LogP contribution in [0.2, 0.25) is 0 Å². The Morgan fingerprint density at radius 2 is 1.70 bits per heavy atom. The molecule has 0 unspecified atom stereocenters. The van der Waals surface area contributed by atoms with E-state index in [0.717, 1.165) is 5.56 Å². The van der Waals surface area contributed by atoms with Gasteiger partial charge < -0.3 is 5.32 Å². The molecule has 0 saturated heterocycles. The van der Waals surface area contributed by atoms with Crippen LogP contribution in [0.1, 0.15) is 37.8 Å². The average molecular weight is 475 g/mol. The minimum absolute atomic E-state index is 0.149. The molecule has 176 valence electrons. The van der Waals surface area contributed by atoms with E-state index in [0.29, 0.717) is 5.56 Å². The maximum Gasteiger partial charge on any atom is 0.267 e. The third-order valence-corrected chi connectivity index (χ3v) is 7.44. The average Bonchev–Trinajstić information content (AvgIpc) is 2.80. The Morgan fingerprint density at radius 3 is 2.30 bits per heavy atom. The van der Waals surface area contributed by atoms with E-state index in [2.05, 4.69) is 10.4 Å². The molecule has 0 radical (unpaired) electrons. The lowest BCUT2D eigenvalue weighted by molar-refractivity contribution is -0.132. The number of hydrazone groups is 1. The van der Waals surface area contributed by atoms with Crippen LogP contribution in [0.3, 0.4) is 0 Å². The van der Waals surface area contributed by atoms with Crippen LogP contribution in [-0.4, -0.2) is 48.3 Å². The van der Waals surface area contributed by atoms with Crippen LogP contribution in [0.5, 0.6) is 0 Å². The number of halogens is 1. The van der Waals surface area contributed by atoms with Crippen molar-refractivity contribution >= 4 is 27.5 Å². The first kappa shape index (κ1) is 24.5. The lowest BCUT2D eigenvalue weighted by Gasteiger charge is -2.23. The maximum absolute atomic E-state index is 13.1. The molecule has 0 aromatic heterocycles. The molecule has 10 heteroatoms. The lowest BCUT2D eigenvalue weighted by Crippen LogP contribution is -2.38. The topological polar surface area (TPSA) is 99.2 Å². The maximum atomic E-state index is 13.1. The summed E-state index contributed by atoms with van der Waals surface area (Å²) in [6.07, 6.45) is 0.382. The molecule has 0 bridgehead atoms. The van der Waals surface area contributed by atoms with Gasteiger partial charge in [-0.3, -0.25) is 9.59 Å². The van der Waals surface area contributed by atoms with Gasteiger partial charge in [-0.25, -0.2) is 17.8 Å². The van der Waals surface area contributed by atoms with Crippen LogP contribution in [0.25, 0.3) is 0 Å². The van der Waals surface area contributed by atoms with Crippen LogP contribution in [0, 0.1) is 5.82 Å². The quantitative estimate of drug-likeness (QED) is 0.636. The van der Waals surface area contributed by atoms with Crippen molar-refractivity contribution in [3.8, 4) is 0 Å². The van der Waals surface area contributed by atoms with Crippen molar-refractivity contribution in [2.75, 3.05) is 7.05 Å². The summed E-state index contributed by atoms with van der Waals surface area (Å²) < 4.78 is 39.5. The SMILES string of the molecule is CC(C)N(C)S(=O)(=O)c1ccc(CNC(=O)C2=NN(Cc3ccc(F)cc3)C(=O)CC2)cc1. The highest BCUT2D eigenvalue weighted by Crippen LogP contribution is 2.18. The predicted molar refractivity (Wildman–Crippen MR) is 122 cm³/mol. The zero-order valence-corrected chi connectivity index (χ0v) is 19.6. The largest absolute Gasteiger partial charge is 0.347 e. The molecule has 33 heavy (non-hydrogen) atoms. The summed E-state index contributed by atoms with van der Waals surface area (Å²) in [5, 5.41) is 8.16. The van der Waals surface area contributed by atoms with Crippen LogP contribution in [-0.2, 0) is 32.7 Å². The Morgan fingerprint density at radius 1 is 1.09 bits per heavy atom. The van der Waals surface area contributed by atoms with E-state index in [9.17, 15) is 22.4 Å². The fraction of sp³-hybridized carbons (Fsp3) is 0.348. The first-order valence-electron chi connectivity index (χ1n) is 10.6. The smallest absolute Gasteiger partial charge is 0.267 e. The summed E-state index contributed by atoms with van der Waals surface area (Å²) in [7, 11) is -2.04. The molecule has 2 aromatic rings. The number of carbonyl (C=O) groups excluding carboxylic acids is 2. The number of sulfonamides is 1. The lowest BCUT2D eigenvalue weighted by atomic mass is 10.1. The van der Waals surface area contributed by atoms with Gasteiger partial charge in [0.1, 0.15) is 11.5 Å². The Balaban J connectivity index is 1.62. The second-order valence-electron chi connectivity index (χ2n) is 8.07. The fourth-order valence-corrected chi connectivity index (χ4v) is 4.53. The molecule has 0 fully saturated rings. The Bertz CT molecular complexity index is 1150. The highest BCUT2D eigenvalue weighted by atomic mass is 32.2. The number of hydrogen-bond acceptors (Lipinski definition) is 5. The summed E-state index contributed by atoms with van der Waals surface area (Å²) in [5.41, 5.74) is 1.66. The van der Waals surface area contributed by atoms with Crippen LogP contribution in [0.4, 0.5) is 4.39 Å². The number of nitrogens with one attached hydrogen (secondary N) is 1. The van der Waals surface area contributed by atoms with Crippen molar-refractivity contribution in [2.45, 2.75) is 50.7 Å². The van der Waals surface area contributed by atoms with Gasteiger partial charge in [0.15, 0.2) is 0 Å². The minimum atomic E-state index is -3.57. The van der Waals surface area contributed by atoms with Crippen molar-refractivity contribution < 1.29 is 22.4 Å². The number of nitrogens with zero attached hydrogens (tertiary/aromatic N) is 3. The summed E-state index contributed by atoms with van der Waals surface area (Å²) >= 11 is 0. The van der Waals surface area contributed by atoms with Gasteiger partial charge in [0, 0.05) is 32.5 Å². The monoisotopic (exact) mass is 474 g/mol. The fourth-order valence-electron chi connectivity index (χ4n) is 3.16. The Labute approximate surface area is 193 Å². The third-order valence-electron chi connectivity index (χ3n) is 5.39. The molecule has 1 aliphatic heterocycles. The first-order valence-corrected chi connectivity index (χ1v) is 12.0. The number of carbonyl (C=O) groups is 2. The zero-order valence-electron chi connectivity index (χ0n) is 18.8. The highest BCUT2D eigenvalue weighted by Gasteiger charge is 2.25. The third kappa shape index (κ3) is 6.02. The number of hydrogen-bond donors (Lipinski definition) is 1. The van der Waals surface area contributed by atoms with E-state index in [4.69, 9.17) is 0 Å². The van der Waals surface area contributed by atoms with Gasteiger partial charge in [-0.2, -0.15) is 9.41 Å². The molecule has 8 nitrogen and oxygen atoms in total. The van der Waals surface area contributed by atoms with E-state index >= 15 is 0 Å². The van der Waals surface area contributed by atoms with Crippen molar-refractivity contribution in [1.82, 2.24) is 14.6 Å². The molecular formula is C23H27FN4O4S. The Hall–Kier alpha value is -3.11. The van der Waals surface area contributed by atoms with Crippen molar-refractivity contribution in [3.63, 3.8) is 0 Å². The predicted octanol–water partition coefficient (Wildman–Crippen LogP) is 2.65. The first-order chi connectivity index (χ1) is 15.6. The van der Waals surface area contributed by atoms with E-state index in [1.807, 2.05) is 0 Å². The van der Waals surface area contributed by atoms with Crippen LogP contribution in [0.15, 0.2) is 58.5 Å². The highest BCUT2D eigenvalue weighted by molar-refractivity contribution is 7.89. The number of rotatable bonds is 8. The zero-order chi connectivity index (χ0) is 24.2. The van der Waals surface area contributed by atoms with Gasteiger partial charge in [-0.05, 0) is 49.2 Å². The molecular weight excluding hydrogens is 447 g/mol. The van der Waals surface area contributed by atoms with E-state index in [1.165, 1.54) is 40.6 Å². The molecule has 0 spiro atoms. The minimum Gasteiger partial charge on any atom is -0.347 e. The van der Waals surface area contributed by atoms with E-state index in [-0.39, 0.29) is 54.3 Å². The molecule has 0 atom stereocenters. The molecule has 1 aliphatic rings. The molecule has 1 N–H and O–H groups in total.